The average molecular weight is 238 g/mol. The first kappa shape index (κ1) is 12.0. The molecule has 0 saturated heterocycles. The number of aliphatic hydroxyl groups excluding tert-OH is 1. The Morgan fingerprint density at radius 1 is 1.35 bits per heavy atom. The zero-order valence-corrected chi connectivity index (χ0v) is 9.60. The summed E-state index contributed by atoms with van der Waals surface area (Å²) < 4.78 is 17.6. The minimum Gasteiger partial charge on any atom is -0.469 e. The smallest absolute Gasteiger partial charge is 0.309 e. The van der Waals surface area contributed by atoms with Gasteiger partial charge in [-0.3, -0.25) is 4.79 Å². The summed E-state index contributed by atoms with van der Waals surface area (Å²) in [6.07, 6.45) is 0.613. The quantitative estimate of drug-likeness (QED) is 0.800. The SMILES string of the molecule is COC(=O)[C@@H]1CC[C@@H](O)[C@H]1c1ccc(F)cc1. The Morgan fingerprint density at radius 3 is 2.59 bits per heavy atom. The van der Waals surface area contributed by atoms with Gasteiger partial charge in [0.1, 0.15) is 5.82 Å². The van der Waals surface area contributed by atoms with E-state index in [0.29, 0.717) is 12.8 Å². The largest absolute Gasteiger partial charge is 0.469 e. The fraction of sp³-hybridized carbons (Fsp3) is 0.462. The topological polar surface area (TPSA) is 46.5 Å². The van der Waals surface area contributed by atoms with Crippen LogP contribution in [0.4, 0.5) is 4.39 Å². The predicted molar refractivity (Wildman–Crippen MR) is 59.9 cm³/mol. The van der Waals surface area contributed by atoms with E-state index in [-0.39, 0.29) is 23.6 Å². The van der Waals surface area contributed by atoms with Crippen molar-refractivity contribution in [2.45, 2.75) is 24.9 Å². The second-order valence-corrected chi connectivity index (χ2v) is 4.35. The summed E-state index contributed by atoms with van der Waals surface area (Å²) in [5, 5.41) is 9.92. The van der Waals surface area contributed by atoms with E-state index in [1.807, 2.05) is 0 Å². The lowest BCUT2D eigenvalue weighted by molar-refractivity contribution is -0.146. The molecule has 92 valence electrons. The molecule has 0 spiro atoms. The molecule has 3 nitrogen and oxygen atoms in total. The van der Waals surface area contributed by atoms with E-state index in [9.17, 15) is 14.3 Å². The summed E-state index contributed by atoms with van der Waals surface area (Å²) in [5.74, 6) is -1.25. The molecule has 1 aliphatic carbocycles. The van der Waals surface area contributed by atoms with Crippen LogP contribution in [-0.4, -0.2) is 24.3 Å². The van der Waals surface area contributed by atoms with Crippen molar-refractivity contribution in [3.05, 3.63) is 35.6 Å². The molecule has 0 amide bonds. The summed E-state index contributed by atoms with van der Waals surface area (Å²) in [6, 6.07) is 5.92. The maximum absolute atomic E-state index is 12.8. The Kier molecular flexibility index (Phi) is 3.43. The molecule has 17 heavy (non-hydrogen) atoms. The summed E-state index contributed by atoms with van der Waals surface area (Å²) in [7, 11) is 1.34. The van der Waals surface area contributed by atoms with Crippen molar-refractivity contribution < 1.29 is 19.0 Å². The number of methoxy groups -OCH3 is 1. The number of esters is 1. The molecule has 0 bridgehead atoms. The predicted octanol–water partition coefficient (Wildman–Crippen LogP) is 1.85. The summed E-state index contributed by atoms with van der Waals surface area (Å²) in [5.41, 5.74) is 0.784. The Labute approximate surface area is 99.2 Å². The van der Waals surface area contributed by atoms with Gasteiger partial charge in [-0.25, -0.2) is 4.39 Å². The van der Waals surface area contributed by atoms with Crippen LogP contribution >= 0.6 is 0 Å². The van der Waals surface area contributed by atoms with Gasteiger partial charge in [-0.05, 0) is 30.5 Å². The highest BCUT2D eigenvalue weighted by atomic mass is 19.1. The number of ether oxygens (including phenoxy) is 1. The molecule has 1 fully saturated rings. The second kappa shape index (κ2) is 4.84. The molecule has 0 aromatic heterocycles. The summed E-state index contributed by atoms with van der Waals surface area (Å²) in [4.78, 5) is 11.6. The fourth-order valence-corrected chi connectivity index (χ4v) is 2.53. The number of rotatable bonds is 2. The van der Waals surface area contributed by atoms with Gasteiger partial charge in [0.25, 0.3) is 0 Å². The van der Waals surface area contributed by atoms with Gasteiger partial charge in [0.05, 0.1) is 19.1 Å². The molecule has 0 aliphatic heterocycles. The van der Waals surface area contributed by atoms with E-state index >= 15 is 0 Å². The molecular weight excluding hydrogens is 223 g/mol. The highest BCUT2D eigenvalue weighted by Crippen LogP contribution is 2.40. The van der Waals surface area contributed by atoms with Crippen molar-refractivity contribution in [1.82, 2.24) is 0 Å². The molecule has 1 N–H and O–H groups in total. The van der Waals surface area contributed by atoms with E-state index in [1.165, 1.54) is 19.2 Å². The number of carbonyl (C=O) groups is 1. The van der Waals surface area contributed by atoms with Gasteiger partial charge >= 0.3 is 5.97 Å². The lowest BCUT2D eigenvalue weighted by atomic mass is 9.87. The lowest BCUT2D eigenvalue weighted by Crippen LogP contribution is -2.24. The number of aliphatic hydroxyl groups is 1. The first-order valence-electron chi connectivity index (χ1n) is 5.65. The standard InChI is InChI=1S/C13H15FO3/c1-17-13(16)10-6-7-11(15)12(10)8-2-4-9(14)5-3-8/h2-5,10-12,15H,6-7H2,1H3/t10-,11-,12+/m1/s1. The monoisotopic (exact) mass is 238 g/mol. The van der Waals surface area contributed by atoms with Crippen LogP contribution in [0.3, 0.4) is 0 Å². The molecule has 0 unspecified atom stereocenters. The van der Waals surface area contributed by atoms with Gasteiger partial charge in [0, 0.05) is 5.92 Å². The van der Waals surface area contributed by atoms with Gasteiger partial charge in [-0.2, -0.15) is 0 Å². The number of benzene rings is 1. The molecule has 0 radical (unpaired) electrons. The van der Waals surface area contributed by atoms with Crippen LogP contribution in [-0.2, 0) is 9.53 Å². The summed E-state index contributed by atoms with van der Waals surface area (Å²) >= 11 is 0. The average Bonchev–Trinajstić information content (AvgIpc) is 2.71. The van der Waals surface area contributed by atoms with Gasteiger partial charge in [-0.1, -0.05) is 12.1 Å². The van der Waals surface area contributed by atoms with E-state index in [0.717, 1.165) is 5.56 Å². The van der Waals surface area contributed by atoms with Crippen molar-refractivity contribution in [2.24, 2.45) is 5.92 Å². The molecule has 1 aliphatic rings. The van der Waals surface area contributed by atoms with Crippen LogP contribution in [0.2, 0.25) is 0 Å². The molecule has 4 heteroatoms. The van der Waals surface area contributed by atoms with E-state index in [2.05, 4.69) is 0 Å². The molecule has 1 aromatic rings. The van der Waals surface area contributed by atoms with Crippen LogP contribution in [0.1, 0.15) is 24.3 Å². The van der Waals surface area contributed by atoms with E-state index in [4.69, 9.17) is 4.74 Å². The van der Waals surface area contributed by atoms with Crippen molar-refractivity contribution in [1.29, 1.82) is 0 Å². The van der Waals surface area contributed by atoms with Gasteiger partial charge < -0.3 is 9.84 Å². The first-order chi connectivity index (χ1) is 8.13. The minimum absolute atomic E-state index is 0.289. The van der Waals surface area contributed by atoms with Gasteiger partial charge in [0.2, 0.25) is 0 Å². The zero-order chi connectivity index (χ0) is 12.4. The minimum atomic E-state index is -0.565. The molecular formula is C13H15FO3. The van der Waals surface area contributed by atoms with Crippen LogP contribution < -0.4 is 0 Å². The van der Waals surface area contributed by atoms with Crippen molar-refractivity contribution >= 4 is 5.97 Å². The summed E-state index contributed by atoms with van der Waals surface area (Å²) in [6.45, 7) is 0. The van der Waals surface area contributed by atoms with E-state index in [1.54, 1.807) is 12.1 Å². The van der Waals surface area contributed by atoms with Crippen LogP contribution in [0.5, 0.6) is 0 Å². The number of halogens is 1. The number of hydrogen-bond donors (Lipinski definition) is 1. The first-order valence-corrected chi connectivity index (χ1v) is 5.65. The highest BCUT2D eigenvalue weighted by Gasteiger charge is 2.40. The Balaban J connectivity index is 2.27. The zero-order valence-electron chi connectivity index (χ0n) is 9.60. The Hall–Kier alpha value is -1.42. The maximum atomic E-state index is 12.8. The maximum Gasteiger partial charge on any atom is 0.309 e. The number of hydrogen-bond acceptors (Lipinski definition) is 3. The molecule has 0 heterocycles. The third-order valence-electron chi connectivity index (χ3n) is 3.38. The molecule has 3 atom stereocenters. The van der Waals surface area contributed by atoms with Crippen LogP contribution in [0.15, 0.2) is 24.3 Å². The molecule has 2 rings (SSSR count). The Morgan fingerprint density at radius 2 is 2.00 bits per heavy atom. The van der Waals surface area contributed by atoms with Crippen molar-refractivity contribution in [2.75, 3.05) is 7.11 Å². The van der Waals surface area contributed by atoms with Gasteiger partial charge in [0.15, 0.2) is 0 Å². The molecule has 1 saturated carbocycles. The normalized spacial score (nSPS) is 28.1. The van der Waals surface area contributed by atoms with Crippen molar-refractivity contribution in [3.8, 4) is 0 Å². The molecule has 1 aromatic carbocycles. The highest BCUT2D eigenvalue weighted by molar-refractivity contribution is 5.74. The van der Waals surface area contributed by atoms with Gasteiger partial charge in [-0.15, -0.1) is 0 Å². The van der Waals surface area contributed by atoms with Crippen LogP contribution in [0.25, 0.3) is 0 Å². The van der Waals surface area contributed by atoms with Crippen LogP contribution in [0, 0.1) is 11.7 Å². The van der Waals surface area contributed by atoms with Crippen molar-refractivity contribution in [3.63, 3.8) is 0 Å². The third-order valence-corrected chi connectivity index (χ3v) is 3.38. The fourth-order valence-electron chi connectivity index (χ4n) is 2.53. The lowest BCUT2D eigenvalue weighted by Gasteiger charge is -2.20. The second-order valence-electron chi connectivity index (χ2n) is 4.35. The number of carbonyl (C=O) groups excluding carboxylic acids is 1. The van der Waals surface area contributed by atoms with E-state index < -0.39 is 6.10 Å². The Bertz CT molecular complexity index is 402. The third kappa shape index (κ3) is 2.31.